The Morgan fingerprint density at radius 2 is 2.00 bits per heavy atom. The lowest BCUT2D eigenvalue weighted by atomic mass is 10.1. The second kappa shape index (κ2) is 7.14. The van der Waals surface area contributed by atoms with Crippen molar-refractivity contribution in [2.24, 2.45) is 5.92 Å². The first-order chi connectivity index (χ1) is 10.3. The summed E-state index contributed by atoms with van der Waals surface area (Å²) in [4.78, 5) is 2.58. The molecule has 2 aliphatic heterocycles. The third-order valence-corrected chi connectivity index (χ3v) is 4.22. The number of rotatable bonds is 6. The lowest BCUT2D eigenvalue weighted by Gasteiger charge is -2.22. The monoisotopic (exact) mass is 290 g/mol. The molecule has 1 unspecified atom stereocenters. The largest absolute Gasteiger partial charge is 0.486 e. The average molecular weight is 290 g/mol. The molecule has 4 heteroatoms. The zero-order valence-corrected chi connectivity index (χ0v) is 12.9. The van der Waals surface area contributed by atoms with E-state index in [1.165, 1.54) is 38.0 Å². The van der Waals surface area contributed by atoms with Gasteiger partial charge in [-0.05, 0) is 44.5 Å². The summed E-state index contributed by atoms with van der Waals surface area (Å²) in [5.41, 5.74) is 1.19. The molecule has 2 heterocycles. The van der Waals surface area contributed by atoms with Crippen molar-refractivity contribution in [1.82, 2.24) is 10.2 Å². The number of nitrogens with one attached hydrogen (secondary N) is 1. The van der Waals surface area contributed by atoms with Gasteiger partial charge in [-0.3, -0.25) is 0 Å². The average Bonchev–Trinajstić information content (AvgIpc) is 3.00. The Morgan fingerprint density at radius 1 is 1.19 bits per heavy atom. The van der Waals surface area contributed by atoms with Gasteiger partial charge >= 0.3 is 0 Å². The molecule has 1 N–H and O–H groups in total. The van der Waals surface area contributed by atoms with E-state index in [-0.39, 0.29) is 0 Å². The van der Waals surface area contributed by atoms with Crippen LogP contribution in [0.3, 0.4) is 0 Å². The van der Waals surface area contributed by atoms with Crippen LogP contribution in [0.15, 0.2) is 18.2 Å². The molecule has 0 spiro atoms. The Bertz CT molecular complexity index is 458. The molecule has 116 valence electrons. The molecule has 0 bridgehead atoms. The molecule has 0 aliphatic carbocycles. The molecule has 21 heavy (non-hydrogen) atoms. The number of fused-ring (bicyclic) bond motifs is 1. The van der Waals surface area contributed by atoms with Gasteiger partial charge < -0.3 is 19.7 Å². The maximum absolute atomic E-state index is 5.75. The van der Waals surface area contributed by atoms with Gasteiger partial charge in [0.05, 0.1) is 0 Å². The molecule has 0 amide bonds. The van der Waals surface area contributed by atoms with Crippen LogP contribution in [0.5, 0.6) is 11.5 Å². The van der Waals surface area contributed by atoms with E-state index < -0.39 is 0 Å². The molecule has 4 nitrogen and oxygen atoms in total. The van der Waals surface area contributed by atoms with Crippen molar-refractivity contribution in [3.8, 4) is 11.5 Å². The number of para-hydroxylation sites is 1. The van der Waals surface area contributed by atoms with Crippen LogP contribution in [-0.4, -0.2) is 44.3 Å². The molecule has 2 aliphatic rings. The summed E-state index contributed by atoms with van der Waals surface area (Å²) in [6.07, 6.45) is 2.74. The zero-order chi connectivity index (χ0) is 14.5. The predicted octanol–water partition coefficient (Wildman–Crippen LogP) is 2.28. The second-order valence-electron chi connectivity index (χ2n) is 6.19. The first-order valence-corrected chi connectivity index (χ1v) is 8.13. The van der Waals surface area contributed by atoms with Gasteiger partial charge in [0, 0.05) is 18.7 Å². The Labute approximate surface area is 127 Å². The normalized spacial score (nSPS) is 19.7. The van der Waals surface area contributed by atoms with E-state index in [4.69, 9.17) is 9.47 Å². The number of benzene rings is 1. The Hall–Kier alpha value is -1.26. The third kappa shape index (κ3) is 3.89. The summed E-state index contributed by atoms with van der Waals surface area (Å²) in [5.74, 6) is 2.48. The molecule has 0 saturated carbocycles. The highest BCUT2D eigenvalue weighted by Gasteiger charge is 2.16. The van der Waals surface area contributed by atoms with E-state index in [0.29, 0.717) is 19.1 Å². The second-order valence-corrected chi connectivity index (χ2v) is 6.19. The summed E-state index contributed by atoms with van der Waals surface area (Å²) >= 11 is 0. The SMILES string of the molecule is CC(CNCc1cccc2c1OCCO2)CN1CCCC1. The summed E-state index contributed by atoms with van der Waals surface area (Å²) in [7, 11) is 0. The lowest BCUT2D eigenvalue weighted by molar-refractivity contribution is 0.169. The smallest absolute Gasteiger partial charge is 0.165 e. The minimum atomic E-state index is 0.648. The highest BCUT2D eigenvalue weighted by atomic mass is 16.6. The van der Waals surface area contributed by atoms with Gasteiger partial charge in [-0.15, -0.1) is 0 Å². The molecule has 0 radical (unpaired) electrons. The van der Waals surface area contributed by atoms with E-state index in [1.807, 2.05) is 12.1 Å². The van der Waals surface area contributed by atoms with Gasteiger partial charge in [0.25, 0.3) is 0 Å². The molecule has 1 saturated heterocycles. The number of hydrogen-bond acceptors (Lipinski definition) is 4. The van der Waals surface area contributed by atoms with Crippen LogP contribution in [0.2, 0.25) is 0 Å². The zero-order valence-electron chi connectivity index (χ0n) is 12.9. The lowest BCUT2D eigenvalue weighted by Crippen LogP contribution is -2.31. The van der Waals surface area contributed by atoms with Crippen molar-refractivity contribution in [1.29, 1.82) is 0 Å². The molecule has 3 rings (SSSR count). The van der Waals surface area contributed by atoms with Crippen LogP contribution in [0.4, 0.5) is 0 Å². The summed E-state index contributed by atoms with van der Waals surface area (Å²) in [6, 6.07) is 6.14. The maximum atomic E-state index is 5.75. The third-order valence-electron chi connectivity index (χ3n) is 4.22. The molecule has 0 aromatic heterocycles. The maximum Gasteiger partial charge on any atom is 0.165 e. The standard InChI is InChI=1S/C17H26N2O2/c1-14(13-19-7-2-3-8-19)11-18-12-15-5-4-6-16-17(15)21-10-9-20-16/h4-6,14,18H,2-3,7-13H2,1H3. The molecular formula is C17H26N2O2. The van der Waals surface area contributed by atoms with Gasteiger partial charge in [-0.25, -0.2) is 0 Å². The van der Waals surface area contributed by atoms with Crippen molar-refractivity contribution in [2.45, 2.75) is 26.3 Å². The fourth-order valence-electron chi connectivity index (χ4n) is 3.20. The minimum absolute atomic E-state index is 0.648. The minimum Gasteiger partial charge on any atom is -0.486 e. The highest BCUT2D eigenvalue weighted by molar-refractivity contribution is 5.47. The fourth-order valence-corrected chi connectivity index (χ4v) is 3.20. The van der Waals surface area contributed by atoms with Gasteiger partial charge in [-0.2, -0.15) is 0 Å². The molecule has 1 aromatic rings. The van der Waals surface area contributed by atoms with Gasteiger partial charge in [-0.1, -0.05) is 19.1 Å². The van der Waals surface area contributed by atoms with Crippen LogP contribution in [0.25, 0.3) is 0 Å². The van der Waals surface area contributed by atoms with Crippen molar-refractivity contribution < 1.29 is 9.47 Å². The number of hydrogen-bond donors (Lipinski definition) is 1. The van der Waals surface area contributed by atoms with Crippen molar-refractivity contribution in [3.05, 3.63) is 23.8 Å². The Kier molecular flexibility index (Phi) is 4.99. The highest BCUT2D eigenvalue weighted by Crippen LogP contribution is 2.33. The van der Waals surface area contributed by atoms with E-state index in [9.17, 15) is 0 Å². The fraction of sp³-hybridized carbons (Fsp3) is 0.647. The first-order valence-electron chi connectivity index (χ1n) is 8.13. The van der Waals surface area contributed by atoms with E-state index in [2.05, 4.69) is 23.2 Å². The Balaban J connectivity index is 1.46. The molecular weight excluding hydrogens is 264 g/mol. The molecule has 1 atom stereocenters. The van der Waals surface area contributed by atoms with Gasteiger partial charge in [0.2, 0.25) is 0 Å². The summed E-state index contributed by atoms with van der Waals surface area (Å²) in [6.45, 7) is 9.28. The topological polar surface area (TPSA) is 33.7 Å². The van der Waals surface area contributed by atoms with Crippen LogP contribution < -0.4 is 14.8 Å². The summed E-state index contributed by atoms with van der Waals surface area (Å²) in [5, 5.41) is 3.56. The van der Waals surface area contributed by atoms with Crippen molar-refractivity contribution in [2.75, 3.05) is 39.4 Å². The summed E-state index contributed by atoms with van der Waals surface area (Å²) < 4.78 is 11.4. The van der Waals surface area contributed by atoms with E-state index in [0.717, 1.165) is 24.6 Å². The van der Waals surface area contributed by atoms with Crippen LogP contribution in [-0.2, 0) is 6.54 Å². The van der Waals surface area contributed by atoms with Crippen molar-refractivity contribution >= 4 is 0 Å². The molecule has 1 fully saturated rings. The van der Waals surface area contributed by atoms with Gasteiger partial charge in [0.1, 0.15) is 13.2 Å². The number of ether oxygens (including phenoxy) is 2. The van der Waals surface area contributed by atoms with E-state index in [1.54, 1.807) is 0 Å². The van der Waals surface area contributed by atoms with Crippen LogP contribution in [0.1, 0.15) is 25.3 Å². The van der Waals surface area contributed by atoms with Crippen LogP contribution in [0, 0.1) is 5.92 Å². The van der Waals surface area contributed by atoms with Gasteiger partial charge in [0.15, 0.2) is 11.5 Å². The number of likely N-dealkylation sites (tertiary alicyclic amines) is 1. The molecule has 1 aromatic carbocycles. The quantitative estimate of drug-likeness (QED) is 0.871. The van der Waals surface area contributed by atoms with Crippen molar-refractivity contribution in [3.63, 3.8) is 0 Å². The predicted molar refractivity (Wildman–Crippen MR) is 84.0 cm³/mol. The first kappa shape index (κ1) is 14.7. The van der Waals surface area contributed by atoms with Crippen LogP contribution >= 0.6 is 0 Å². The van der Waals surface area contributed by atoms with E-state index >= 15 is 0 Å². The number of nitrogens with zero attached hydrogens (tertiary/aromatic N) is 1. The Morgan fingerprint density at radius 3 is 2.86 bits per heavy atom.